The maximum Gasteiger partial charge on any atom is 0.303 e. The summed E-state index contributed by atoms with van der Waals surface area (Å²) in [6, 6.07) is 19.1. The molecule has 0 saturated heterocycles. The molecule has 0 spiro atoms. The van der Waals surface area contributed by atoms with E-state index in [0.29, 0.717) is 28.7 Å². The van der Waals surface area contributed by atoms with Gasteiger partial charge in [0.1, 0.15) is 22.5 Å². The molecule has 0 saturated carbocycles. The molecule has 0 aliphatic rings. The molecular weight excluding hydrogens is 458 g/mol. The third-order valence-electron chi connectivity index (χ3n) is 5.50. The number of hydrogen-bond donors (Lipinski definition) is 2. The second kappa shape index (κ2) is 8.15. The highest BCUT2D eigenvalue weighted by molar-refractivity contribution is 9.10. The summed E-state index contributed by atoms with van der Waals surface area (Å²) in [6.07, 6.45) is 0.337. The van der Waals surface area contributed by atoms with Gasteiger partial charge in [-0.3, -0.25) is 4.79 Å². The van der Waals surface area contributed by atoms with Gasteiger partial charge in [0.05, 0.1) is 0 Å². The lowest BCUT2D eigenvalue weighted by Crippen LogP contribution is -2.20. The predicted molar refractivity (Wildman–Crippen MR) is 123 cm³/mol. The molecule has 0 aliphatic heterocycles. The van der Waals surface area contributed by atoms with Crippen LogP contribution in [0.1, 0.15) is 37.0 Å². The number of phenolic OH excluding ortho intramolecular Hbond substituents is 1. The first kappa shape index (κ1) is 21.1. The quantitative estimate of drug-likeness (QED) is 0.395. The lowest BCUT2D eigenvalue weighted by atomic mass is 9.76. The van der Waals surface area contributed by atoms with Crippen LogP contribution in [0.2, 0.25) is 0 Å². The van der Waals surface area contributed by atoms with Crippen molar-refractivity contribution in [1.82, 2.24) is 15.0 Å². The van der Waals surface area contributed by atoms with Crippen LogP contribution >= 0.6 is 15.9 Å². The molecule has 0 amide bonds. The Labute approximate surface area is 188 Å². The Morgan fingerprint density at radius 3 is 2.45 bits per heavy atom. The molecule has 0 unspecified atom stereocenters. The zero-order valence-corrected chi connectivity index (χ0v) is 18.8. The number of aliphatic carboxylic acids is 1. The van der Waals surface area contributed by atoms with Crippen LogP contribution in [0.3, 0.4) is 0 Å². The fourth-order valence-corrected chi connectivity index (χ4v) is 4.06. The lowest BCUT2D eigenvalue weighted by molar-refractivity contribution is -0.136. The minimum atomic E-state index is -0.869. The van der Waals surface area contributed by atoms with Gasteiger partial charge >= 0.3 is 5.97 Å². The molecule has 3 aromatic carbocycles. The summed E-state index contributed by atoms with van der Waals surface area (Å²) in [6.45, 7) is 4.07. The van der Waals surface area contributed by atoms with Gasteiger partial charge in [-0.25, -0.2) is 0 Å². The molecule has 4 rings (SSSR count). The van der Waals surface area contributed by atoms with Gasteiger partial charge in [0.25, 0.3) is 0 Å². The van der Waals surface area contributed by atoms with Crippen molar-refractivity contribution in [1.29, 1.82) is 0 Å². The molecule has 2 N–H and O–H groups in total. The number of carbonyl (C=O) groups is 1. The number of aromatic nitrogens is 3. The molecular formula is C24H22BrN3O3. The minimum absolute atomic E-state index is 0.00310. The lowest BCUT2D eigenvalue weighted by Gasteiger charge is -2.28. The number of carboxylic acid groups (broad SMARTS) is 1. The van der Waals surface area contributed by atoms with Crippen LogP contribution in [0.25, 0.3) is 16.7 Å². The van der Waals surface area contributed by atoms with E-state index in [2.05, 4.69) is 26.1 Å². The summed E-state index contributed by atoms with van der Waals surface area (Å²) in [5.74, 6) is -0.793. The first-order valence-corrected chi connectivity index (χ1v) is 10.7. The third kappa shape index (κ3) is 4.18. The number of carboxylic acids is 1. The van der Waals surface area contributed by atoms with Crippen LogP contribution in [0.5, 0.6) is 5.75 Å². The van der Waals surface area contributed by atoms with Crippen LogP contribution in [0, 0.1) is 0 Å². The maximum atomic E-state index is 11.3. The predicted octanol–water partition coefficient (Wildman–Crippen LogP) is 5.23. The van der Waals surface area contributed by atoms with Crippen LogP contribution in [0.4, 0.5) is 0 Å². The smallest absolute Gasteiger partial charge is 0.303 e. The summed E-state index contributed by atoms with van der Waals surface area (Å²) in [7, 11) is 0. The third-order valence-corrected chi connectivity index (χ3v) is 6.00. The van der Waals surface area contributed by atoms with Crippen molar-refractivity contribution in [3.8, 4) is 11.4 Å². The van der Waals surface area contributed by atoms with Crippen LogP contribution in [0.15, 0.2) is 65.1 Å². The average molecular weight is 480 g/mol. The Kier molecular flexibility index (Phi) is 5.54. The van der Waals surface area contributed by atoms with Crippen molar-refractivity contribution in [3.63, 3.8) is 0 Å². The zero-order valence-electron chi connectivity index (χ0n) is 17.2. The number of phenols is 1. The number of hydrogen-bond acceptors (Lipinski definition) is 4. The molecule has 4 aromatic rings. The molecule has 6 nitrogen and oxygen atoms in total. The van der Waals surface area contributed by atoms with E-state index in [4.69, 9.17) is 5.11 Å². The van der Waals surface area contributed by atoms with Crippen LogP contribution in [-0.2, 0) is 16.6 Å². The largest absolute Gasteiger partial charge is 0.505 e. The number of fused-ring (bicyclic) bond motifs is 1. The number of benzene rings is 3. The standard InChI is InChI=1S/C24H22BrN3O3/c1-24(2,16-6-4-3-5-7-16)18-12-15(8-11-22(29)30)13-21(23(18)31)28-26-19-10-9-17(25)14-20(19)27-28/h3-7,9-10,12-14,31H,8,11H2,1-2H3,(H,29,30). The summed E-state index contributed by atoms with van der Waals surface area (Å²) in [5.41, 5.74) is 3.82. The fraction of sp³-hybridized carbons (Fsp3) is 0.208. The molecule has 158 valence electrons. The van der Waals surface area contributed by atoms with Crippen molar-refractivity contribution in [2.24, 2.45) is 0 Å². The molecule has 0 aliphatic carbocycles. The Bertz CT molecular complexity index is 1270. The van der Waals surface area contributed by atoms with Gasteiger partial charge in [0, 0.05) is 21.9 Å². The number of halogens is 1. The topological polar surface area (TPSA) is 88.2 Å². The van der Waals surface area contributed by atoms with E-state index in [1.807, 2.05) is 68.4 Å². The maximum absolute atomic E-state index is 11.3. The van der Waals surface area contributed by atoms with E-state index in [0.717, 1.165) is 15.6 Å². The second-order valence-corrected chi connectivity index (χ2v) is 8.93. The summed E-state index contributed by atoms with van der Waals surface area (Å²) in [4.78, 5) is 12.6. The Hall–Kier alpha value is -3.19. The molecule has 0 radical (unpaired) electrons. The van der Waals surface area contributed by atoms with Gasteiger partial charge in [-0.05, 0) is 41.8 Å². The monoisotopic (exact) mass is 479 g/mol. The first-order chi connectivity index (χ1) is 14.8. The van der Waals surface area contributed by atoms with E-state index >= 15 is 0 Å². The molecule has 1 heterocycles. The Morgan fingerprint density at radius 2 is 1.74 bits per heavy atom. The van der Waals surface area contributed by atoms with Gasteiger partial charge in [-0.15, -0.1) is 15.0 Å². The summed E-state index contributed by atoms with van der Waals surface area (Å²) in [5, 5.41) is 29.5. The molecule has 0 atom stereocenters. The molecule has 7 heteroatoms. The number of aryl methyl sites for hydroxylation is 1. The average Bonchev–Trinajstić information content (AvgIpc) is 3.16. The highest BCUT2D eigenvalue weighted by Gasteiger charge is 2.29. The van der Waals surface area contributed by atoms with Crippen molar-refractivity contribution >= 4 is 32.9 Å². The zero-order chi connectivity index (χ0) is 22.2. The van der Waals surface area contributed by atoms with Gasteiger partial charge in [0.15, 0.2) is 0 Å². The van der Waals surface area contributed by atoms with Crippen molar-refractivity contribution in [2.45, 2.75) is 32.1 Å². The SMILES string of the molecule is CC(C)(c1ccccc1)c1cc(CCC(=O)O)cc(-n2nc3ccc(Br)cc3n2)c1O. The van der Waals surface area contributed by atoms with Crippen LogP contribution in [-0.4, -0.2) is 31.2 Å². The van der Waals surface area contributed by atoms with E-state index in [-0.39, 0.29) is 12.2 Å². The Balaban J connectivity index is 1.90. The molecule has 0 fully saturated rings. The highest BCUT2D eigenvalue weighted by atomic mass is 79.9. The first-order valence-electron chi connectivity index (χ1n) is 9.92. The number of nitrogens with zero attached hydrogens (tertiary/aromatic N) is 3. The number of aromatic hydroxyl groups is 1. The van der Waals surface area contributed by atoms with Gasteiger partial charge in [-0.2, -0.15) is 0 Å². The van der Waals surface area contributed by atoms with E-state index in [1.165, 1.54) is 4.80 Å². The molecule has 31 heavy (non-hydrogen) atoms. The summed E-state index contributed by atoms with van der Waals surface area (Å²) < 4.78 is 0.886. The number of rotatable bonds is 6. The fourth-order valence-electron chi connectivity index (χ4n) is 3.71. The molecule has 0 bridgehead atoms. The van der Waals surface area contributed by atoms with Crippen molar-refractivity contribution < 1.29 is 15.0 Å². The molecule has 1 aromatic heterocycles. The minimum Gasteiger partial charge on any atom is -0.505 e. The van der Waals surface area contributed by atoms with Crippen molar-refractivity contribution in [2.75, 3.05) is 0 Å². The summed E-state index contributed by atoms with van der Waals surface area (Å²) >= 11 is 3.44. The second-order valence-electron chi connectivity index (χ2n) is 8.02. The normalized spacial score (nSPS) is 11.7. The van der Waals surface area contributed by atoms with E-state index < -0.39 is 11.4 Å². The van der Waals surface area contributed by atoms with Gasteiger partial charge in [-0.1, -0.05) is 66.2 Å². The van der Waals surface area contributed by atoms with E-state index in [9.17, 15) is 9.90 Å². The van der Waals surface area contributed by atoms with E-state index in [1.54, 1.807) is 6.07 Å². The van der Waals surface area contributed by atoms with Gasteiger partial charge < -0.3 is 10.2 Å². The van der Waals surface area contributed by atoms with Crippen LogP contribution < -0.4 is 0 Å². The Morgan fingerprint density at radius 1 is 1.03 bits per heavy atom. The van der Waals surface area contributed by atoms with Gasteiger partial charge in [0.2, 0.25) is 0 Å². The highest BCUT2D eigenvalue weighted by Crippen LogP contribution is 2.40. The van der Waals surface area contributed by atoms with Crippen molar-refractivity contribution in [3.05, 3.63) is 81.8 Å².